The number of carboxylic acid groups (broad SMARTS) is 1. The third-order valence-corrected chi connectivity index (χ3v) is 5.63. The number of hydrogen-bond acceptors (Lipinski definition) is 5. The van der Waals surface area contributed by atoms with Crippen molar-refractivity contribution in [3.8, 4) is 10.7 Å². The summed E-state index contributed by atoms with van der Waals surface area (Å²) in [5.74, 6) is 0.588. The summed E-state index contributed by atoms with van der Waals surface area (Å²) in [7, 11) is 0. The molecule has 2 heterocycles. The summed E-state index contributed by atoms with van der Waals surface area (Å²) in [5.41, 5.74) is 3.20. The van der Waals surface area contributed by atoms with Gasteiger partial charge in [0.15, 0.2) is 5.82 Å². The van der Waals surface area contributed by atoms with Crippen LogP contribution in [0, 0.1) is 0 Å². The third kappa shape index (κ3) is 4.17. The van der Waals surface area contributed by atoms with E-state index in [0.29, 0.717) is 0 Å². The predicted octanol–water partition coefficient (Wildman–Crippen LogP) is 5.33. The van der Waals surface area contributed by atoms with Gasteiger partial charge in [-0.1, -0.05) is 20.8 Å². The van der Waals surface area contributed by atoms with Gasteiger partial charge in [-0.15, -0.1) is 11.3 Å². The maximum absolute atomic E-state index is 11.0. The van der Waals surface area contributed by atoms with Crippen molar-refractivity contribution in [3.63, 3.8) is 0 Å². The largest absolute Gasteiger partial charge is 0.478 e. The molecule has 0 atom stereocenters. The van der Waals surface area contributed by atoms with E-state index in [-0.39, 0.29) is 5.56 Å². The standard InChI is InChI=1S/C21H23N3O2S/c1-4-15-11-12-18(27-15)20-23-17(6-3)16(5-2)19(24-20)22-14-9-7-13(8-10-14)21(25)26/h7-12H,4-6H2,1-3H3,(H,25,26)(H,22,23,24). The van der Waals surface area contributed by atoms with E-state index < -0.39 is 5.97 Å². The zero-order chi connectivity index (χ0) is 19.4. The topological polar surface area (TPSA) is 75.1 Å². The van der Waals surface area contributed by atoms with Crippen LogP contribution in [-0.4, -0.2) is 21.0 Å². The zero-order valence-electron chi connectivity index (χ0n) is 15.7. The van der Waals surface area contributed by atoms with Crippen LogP contribution in [0.25, 0.3) is 10.7 Å². The van der Waals surface area contributed by atoms with Gasteiger partial charge in [0.1, 0.15) is 5.82 Å². The van der Waals surface area contributed by atoms with Gasteiger partial charge in [0, 0.05) is 21.8 Å². The lowest BCUT2D eigenvalue weighted by atomic mass is 10.1. The number of aromatic carboxylic acids is 1. The van der Waals surface area contributed by atoms with Gasteiger partial charge in [0.2, 0.25) is 0 Å². The molecule has 0 spiro atoms. The SMILES string of the molecule is CCc1ccc(-c2nc(CC)c(CC)c(Nc3ccc(C(=O)O)cc3)n2)s1. The number of nitrogens with zero attached hydrogens (tertiary/aromatic N) is 2. The Labute approximate surface area is 163 Å². The van der Waals surface area contributed by atoms with E-state index >= 15 is 0 Å². The normalized spacial score (nSPS) is 10.8. The zero-order valence-corrected chi connectivity index (χ0v) is 16.6. The second-order valence-electron chi connectivity index (χ2n) is 6.16. The van der Waals surface area contributed by atoms with Crippen molar-refractivity contribution < 1.29 is 9.90 Å². The van der Waals surface area contributed by atoms with Gasteiger partial charge in [-0.2, -0.15) is 0 Å². The lowest BCUT2D eigenvalue weighted by Gasteiger charge is -2.15. The summed E-state index contributed by atoms with van der Waals surface area (Å²) in [4.78, 5) is 23.0. The smallest absolute Gasteiger partial charge is 0.335 e. The van der Waals surface area contributed by atoms with Crippen molar-refractivity contribution in [2.24, 2.45) is 0 Å². The Balaban J connectivity index is 2.01. The van der Waals surface area contributed by atoms with Crippen LogP contribution >= 0.6 is 11.3 Å². The Hall–Kier alpha value is -2.73. The molecule has 2 aromatic heterocycles. The average Bonchev–Trinajstić information content (AvgIpc) is 3.17. The minimum atomic E-state index is -0.933. The van der Waals surface area contributed by atoms with E-state index in [4.69, 9.17) is 15.1 Å². The van der Waals surface area contributed by atoms with Crippen molar-refractivity contribution >= 4 is 28.8 Å². The van der Waals surface area contributed by atoms with Crippen LogP contribution in [0.5, 0.6) is 0 Å². The van der Waals surface area contributed by atoms with Crippen LogP contribution in [0.2, 0.25) is 0 Å². The van der Waals surface area contributed by atoms with E-state index in [9.17, 15) is 4.79 Å². The van der Waals surface area contributed by atoms with Crippen LogP contribution in [0.3, 0.4) is 0 Å². The van der Waals surface area contributed by atoms with Crippen LogP contribution in [0.15, 0.2) is 36.4 Å². The molecule has 2 N–H and O–H groups in total. The Kier molecular flexibility index (Phi) is 5.86. The van der Waals surface area contributed by atoms with Crippen LogP contribution in [0.1, 0.15) is 47.3 Å². The summed E-state index contributed by atoms with van der Waals surface area (Å²) < 4.78 is 0. The van der Waals surface area contributed by atoms with Gasteiger partial charge >= 0.3 is 5.97 Å². The first-order valence-electron chi connectivity index (χ1n) is 9.14. The summed E-state index contributed by atoms with van der Waals surface area (Å²) >= 11 is 1.72. The summed E-state index contributed by atoms with van der Waals surface area (Å²) in [6, 6.07) is 10.9. The number of aryl methyl sites for hydroxylation is 2. The molecule has 5 nitrogen and oxygen atoms in total. The molecule has 140 valence electrons. The number of anilines is 2. The van der Waals surface area contributed by atoms with Crippen LogP contribution < -0.4 is 5.32 Å². The first-order valence-corrected chi connectivity index (χ1v) is 9.96. The highest BCUT2D eigenvalue weighted by atomic mass is 32.1. The van der Waals surface area contributed by atoms with Crippen LogP contribution in [0.4, 0.5) is 11.5 Å². The second kappa shape index (κ2) is 8.31. The fraction of sp³-hybridized carbons (Fsp3) is 0.286. The highest BCUT2D eigenvalue weighted by molar-refractivity contribution is 7.15. The summed E-state index contributed by atoms with van der Waals surface area (Å²) in [5, 5.41) is 12.4. The third-order valence-electron chi connectivity index (χ3n) is 4.41. The monoisotopic (exact) mass is 381 g/mol. The minimum absolute atomic E-state index is 0.263. The van der Waals surface area contributed by atoms with Crippen molar-refractivity contribution in [2.45, 2.75) is 40.0 Å². The number of thiophene rings is 1. The molecule has 0 unspecified atom stereocenters. The highest BCUT2D eigenvalue weighted by Gasteiger charge is 2.15. The van der Waals surface area contributed by atoms with E-state index in [1.807, 2.05) is 0 Å². The first-order chi connectivity index (χ1) is 13.0. The number of aromatic nitrogens is 2. The molecule has 3 aromatic rings. The molecule has 3 rings (SSSR count). The quantitative estimate of drug-likeness (QED) is 0.578. The Bertz CT molecular complexity index is 949. The van der Waals surface area contributed by atoms with Gasteiger partial charge in [-0.25, -0.2) is 14.8 Å². The van der Waals surface area contributed by atoms with Gasteiger partial charge in [0.05, 0.1) is 10.4 Å². The van der Waals surface area contributed by atoms with Crippen molar-refractivity contribution in [1.29, 1.82) is 0 Å². The number of nitrogens with one attached hydrogen (secondary N) is 1. The number of carbonyl (C=O) groups is 1. The van der Waals surface area contributed by atoms with Gasteiger partial charge in [-0.3, -0.25) is 0 Å². The fourth-order valence-electron chi connectivity index (χ4n) is 2.93. The van der Waals surface area contributed by atoms with Gasteiger partial charge < -0.3 is 10.4 Å². The van der Waals surface area contributed by atoms with Gasteiger partial charge in [0.25, 0.3) is 0 Å². The average molecular weight is 382 g/mol. The molecule has 0 saturated heterocycles. The van der Waals surface area contributed by atoms with E-state index in [2.05, 4.69) is 38.2 Å². The maximum atomic E-state index is 11.0. The summed E-state index contributed by atoms with van der Waals surface area (Å²) in [6.45, 7) is 6.33. The fourth-order valence-corrected chi connectivity index (χ4v) is 3.81. The Morgan fingerprint density at radius 1 is 1.00 bits per heavy atom. The second-order valence-corrected chi connectivity index (χ2v) is 7.32. The Morgan fingerprint density at radius 3 is 2.30 bits per heavy atom. The van der Waals surface area contributed by atoms with Crippen molar-refractivity contribution in [1.82, 2.24) is 9.97 Å². The molecule has 0 aliphatic carbocycles. The van der Waals surface area contributed by atoms with Gasteiger partial charge in [-0.05, 0) is 55.7 Å². The molecule has 0 radical (unpaired) electrons. The number of hydrogen-bond donors (Lipinski definition) is 2. The molecular weight excluding hydrogens is 358 g/mol. The van der Waals surface area contributed by atoms with Crippen LogP contribution in [-0.2, 0) is 19.3 Å². The number of carboxylic acids is 1. The molecule has 0 aliphatic heterocycles. The predicted molar refractivity (Wildman–Crippen MR) is 110 cm³/mol. The minimum Gasteiger partial charge on any atom is -0.478 e. The molecule has 0 bridgehead atoms. The Morgan fingerprint density at radius 2 is 1.74 bits per heavy atom. The summed E-state index contributed by atoms with van der Waals surface area (Å²) in [6.07, 6.45) is 2.65. The molecule has 0 fully saturated rings. The lowest BCUT2D eigenvalue weighted by molar-refractivity contribution is 0.0697. The lowest BCUT2D eigenvalue weighted by Crippen LogP contribution is -2.07. The van der Waals surface area contributed by atoms with E-state index in [1.165, 1.54) is 4.88 Å². The van der Waals surface area contributed by atoms with Crippen molar-refractivity contribution in [2.75, 3.05) is 5.32 Å². The molecule has 0 aliphatic rings. The van der Waals surface area contributed by atoms with E-state index in [0.717, 1.165) is 52.7 Å². The molecular formula is C21H23N3O2S. The first kappa shape index (κ1) is 19.0. The molecule has 0 saturated carbocycles. The highest BCUT2D eigenvalue weighted by Crippen LogP contribution is 2.30. The number of rotatable bonds is 7. The molecule has 0 amide bonds. The molecule has 6 heteroatoms. The number of benzene rings is 1. The molecule has 1 aromatic carbocycles. The maximum Gasteiger partial charge on any atom is 0.335 e. The van der Waals surface area contributed by atoms with E-state index in [1.54, 1.807) is 35.6 Å². The van der Waals surface area contributed by atoms with Crippen molar-refractivity contribution in [3.05, 3.63) is 58.1 Å². The molecule has 27 heavy (non-hydrogen) atoms.